The highest BCUT2D eigenvalue weighted by atomic mass is 19.4. The van der Waals surface area contributed by atoms with Crippen LogP contribution in [0, 0.1) is 0 Å². The lowest BCUT2D eigenvalue weighted by molar-refractivity contribution is -0.146. The molecule has 0 aromatic carbocycles. The third-order valence-corrected chi connectivity index (χ3v) is 1.74. The second kappa shape index (κ2) is 6.07. The van der Waals surface area contributed by atoms with Crippen molar-refractivity contribution in [2.24, 2.45) is 0 Å². The van der Waals surface area contributed by atoms with Gasteiger partial charge in [-0.1, -0.05) is 0 Å². The number of hydrogen-bond donors (Lipinski definition) is 3. The molecule has 0 fully saturated rings. The van der Waals surface area contributed by atoms with E-state index in [4.69, 9.17) is 10.2 Å². The van der Waals surface area contributed by atoms with Crippen molar-refractivity contribution >= 4 is 18.0 Å². The first-order valence-corrected chi connectivity index (χ1v) is 4.56. The van der Waals surface area contributed by atoms with Crippen molar-refractivity contribution in [3.05, 3.63) is 0 Å². The number of aliphatic carboxylic acids is 2. The summed E-state index contributed by atoms with van der Waals surface area (Å²) in [6.07, 6.45) is -5.56. The van der Waals surface area contributed by atoms with Crippen LogP contribution in [0.5, 0.6) is 0 Å². The number of nitrogens with zero attached hydrogens (tertiary/aromatic N) is 1. The van der Waals surface area contributed by atoms with E-state index in [1.807, 2.05) is 0 Å². The minimum absolute atomic E-state index is 0.206. The SMILES string of the molecule is CN(CC(F)(F)F)C(=O)NC(CC(=O)O)C(=O)O. The maximum absolute atomic E-state index is 11.9. The summed E-state index contributed by atoms with van der Waals surface area (Å²) in [6, 6.07) is -3.10. The molecule has 0 bridgehead atoms. The number of amides is 2. The van der Waals surface area contributed by atoms with Crippen LogP contribution in [0.15, 0.2) is 0 Å². The highest BCUT2D eigenvalue weighted by molar-refractivity contribution is 5.86. The van der Waals surface area contributed by atoms with Gasteiger partial charge in [-0.25, -0.2) is 9.59 Å². The molecule has 18 heavy (non-hydrogen) atoms. The Morgan fingerprint density at radius 1 is 1.28 bits per heavy atom. The van der Waals surface area contributed by atoms with Crippen molar-refractivity contribution in [2.45, 2.75) is 18.6 Å². The fraction of sp³-hybridized carbons (Fsp3) is 0.625. The van der Waals surface area contributed by atoms with Gasteiger partial charge in [-0.2, -0.15) is 13.2 Å². The molecular formula is C8H11F3N2O5. The number of hydrogen-bond acceptors (Lipinski definition) is 3. The van der Waals surface area contributed by atoms with Crippen LogP contribution < -0.4 is 5.32 Å². The molecule has 7 nitrogen and oxygen atoms in total. The normalized spacial score (nSPS) is 12.7. The van der Waals surface area contributed by atoms with E-state index in [9.17, 15) is 27.6 Å². The van der Waals surface area contributed by atoms with Crippen LogP contribution in [-0.2, 0) is 9.59 Å². The summed E-state index contributed by atoms with van der Waals surface area (Å²) >= 11 is 0. The highest BCUT2D eigenvalue weighted by Crippen LogP contribution is 2.15. The van der Waals surface area contributed by atoms with E-state index in [1.165, 1.54) is 0 Å². The summed E-state index contributed by atoms with van der Waals surface area (Å²) in [5.74, 6) is -3.15. The summed E-state index contributed by atoms with van der Waals surface area (Å²) in [7, 11) is 0.808. The van der Waals surface area contributed by atoms with Crippen LogP contribution in [0.3, 0.4) is 0 Å². The van der Waals surface area contributed by atoms with Gasteiger partial charge in [0, 0.05) is 7.05 Å². The Bertz CT molecular complexity index is 344. The number of carbonyl (C=O) groups excluding carboxylic acids is 1. The van der Waals surface area contributed by atoms with Gasteiger partial charge in [0.1, 0.15) is 12.6 Å². The Balaban J connectivity index is 4.50. The lowest BCUT2D eigenvalue weighted by Crippen LogP contribution is -2.49. The fourth-order valence-corrected chi connectivity index (χ4v) is 0.975. The molecule has 10 heteroatoms. The third-order valence-electron chi connectivity index (χ3n) is 1.74. The molecule has 0 aromatic rings. The molecule has 1 atom stereocenters. The number of rotatable bonds is 5. The average molecular weight is 272 g/mol. The highest BCUT2D eigenvalue weighted by Gasteiger charge is 2.32. The first-order valence-electron chi connectivity index (χ1n) is 4.56. The van der Waals surface area contributed by atoms with Crippen LogP contribution in [0.1, 0.15) is 6.42 Å². The second-order valence-electron chi connectivity index (χ2n) is 3.41. The molecule has 0 aliphatic heterocycles. The fourth-order valence-electron chi connectivity index (χ4n) is 0.975. The van der Waals surface area contributed by atoms with Crippen molar-refractivity contribution in [2.75, 3.05) is 13.6 Å². The smallest absolute Gasteiger partial charge is 0.406 e. The zero-order valence-corrected chi connectivity index (χ0v) is 9.19. The minimum atomic E-state index is -4.63. The Morgan fingerprint density at radius 3 is 2.11 bits per heavy atom. The summed E-state index contributed by atoms with van der Waals surface area (Å²) in [6.45, 7) is -1.57. The van der Waals surface area contributed by atoms with Crippen LogP contribution in [0.4, 0.5) is 18.0 Å². The molecule has 0 radical (unpaired) electrons. The molecule has 2 amide bonds. The number of carboxylic acids is 2. The van der Waals surface area contributed by atoms with Gasteiger partial charge in [0.25, 0.3) is 0 Å². The lowest BCUT2D eigenvalue weighted by atomic mass is 10.2. The number of carbonyl (C=O) groups is 3. The van der Waals surface area contributed by atoms with E-state index in [2.05, 4.69) is 0 Å². The van der Waals surface area contributed by atoms with Gasteiger partial charge in [0.05, 0.1) is 6.42 Å². The van der Waals surface area contributed by atoms with Gasteiger partial charge < -0.3 is 20.4 Å². The molecular weight excluding hydrogens is 261 g/mol. The summed E-state index contributed by atoms with van der Waals surface area (Å²) in [5.41, 5.74) is 0. The molecule has 0 rings (SSSR count). The van der Waals surface area contributed by atoms with E-state index >= 15 is 0 Å². The lowest BCUT2D eigenvalue weighted by Gasteiger charge is -2.21. The van der Waals surface area contributed by atoms with E-state index < -0.39 is 43.2 Å². The molecule has 0 aliphatic rings. The summed E-state index contributed by atoms with van der Waals surface area (Å²) in [4.78, 5) is 32.2. The van der Waals surface area contributed by atoms with Crippen LogP contribution >= 0.6 is 0 Å². The first kappa shape index (κ1) is 16.0. The van der Waals surface area contributed by atoms with Crippen molar-refractivity contribution in [3.63, 3.8) is 0 Å². The van der Waals surface area contributed by atoms with Crippen LogP contribution in [-0.4, -0.2) is 58.9 Å². The third kappa shape index (κ3) is 6.55. The predicted molar refractivity (Wildman–Crippen MR) is 50.9 cm³/mol. The standard InChI is InChI=1S/C8H11F3N2O5/c1-13(3-8(9,10)11)7(18)12-4(6(16)17)2-5(14)15/h4H,2-3H2,1H3,(H,12,18)(H,14,15)(H,16,17). The number of nitrogens with one attached hydrogen (secondary N) is 1. The van der Waals surface area contributed by atoms with E-state index in [0.717, 1.165) is 7.05 Å². The van der Waals surface area contributed by atoms with Gasteiger partial charge in [-0.15, -0.1) is 0 Å². The molecule has 104 valence electrons. The predicted octanol–water partition coefficient (Wildman–Crippen LogP) is 0.118. The average Bonchev–Trinajstić information content (AvgIpc) is 2.12. The number of urea groups is 1. The Kier molecular flexibility index (Phi) is 5.40. The zero-order valence-electron chi connectivity index (χ0n) is 9.19. The molecule has 1 unspecified atom stereocenters. The summed E-state index contributed by atoms with van der Waals surface area (Å²) < 4.78 is 35.8. The molecule has 0 saturated heterocycles. The van der Waals surface area contributed by atoms with Crippen molar-refractivity contribution < 1.29 is 37.8 Å². The van der Waals surface area contributed by atoms with Crippen molar-refractivity contribution in [3.8, 4) is 0 Å². The minimum Gasteiger partial charge on any atom is -0.481 e. The maximum Gasteiger partial charge on any atom is 0.406 e. The van der Waals surface area contributed by atoms with Gasteiger partial charge in [-0.3, -0.25) is 4.79 Å². The van der Waals surface area contributed by atoms with Crippen molar-refractivity contribution in [1.29, 1.82) is 0 Å². The van der Waals surface area contributed by atoms with E-state index in [0.29, 0.717) is 0 Å². The zero-order chi connectivity index (χ0) is 14.5. The topological polar surface area (TPSA) is 107 Å². The molecule has 0 aromatic heterocycles. The van der Waals surface area contributed by atoms with Crippen LogP contribution in [0.25, 0.3) is 0 Å². The Labute approximate surface area is 99.2 Å². The molecule has 0 aliphatic carbocycles. The monoisotopic (exact) mass is 272 g/mol. The second-order valence-corrected chi connectivity index (χ2v) is 3.41. The molecule has 3 N–H and O–H groups in total. The van der Waals surface area contributed by atoms with Crippen molar-refractivity contribution in [1.82, 2.24) is 10.2 Å². The van der Waals surface area contributed by atoms with E-state index in [1.54, 1.807) is 5.32 Å². The number of alkyl halides is 3. The summed E-state index contributed by atoms with van der Waals surface area (Å²) in [5, 5.41) is 18.6. The van der Waals surface area contributed by atoms with Crippen LogP contribution in [0.2, 0.25) is 0 Å². The van der Waals surface area contributed by atoms with Gasteiger partial charge in [0.2, 0.25) is 0 Å². The van der Waals surface area contributed by atoms with Gasteiger partial charge in [-0.05, 0) is 0 Å². The molecule has 0 saturated carbocycles. The Hall–Kier alpha value is -2.00. The van der Waals surface area contributed by atoms with Gasteiger partial charge >= 0.3 is 24.1 Å². The number of halogens is 3. The number of carboxylic acid groups (broad SMARTS) is 2. The quantitative estimate of drug-likeness (QED) is 0.659. The van der Waals surface area contributed by atoms with Gasteiger partial charge in [0.15, 0.2) is 0 Å². The van der Waals surface area contributed by atoms with E-state index in [-0.39, 0.29) is 4.90 Å². The first-order chi connectivity index (χ1) is 8.03. The molecule has 0 spiro atoms. The molecule has 0 heterocycles. The Morgan fingerprint density at radius 2 is 1.78 bits per heavy atom. The maximum atomic E-state index is 11.9. The largest absolute Gasteiger partial charge is 0.481 e.